The summed E-state index contributed by atoms with van der Waals surface area (Å²) in [5.41, 5.74) is 0.567. The Kier molecular flexibility index (Phi) is 6.16. The van der Waals surface area contributed by atoms with Crippen LogP contribution in [0.25, 0.3) is 0 Å². The van der Waals surface area contributed by atoms with Crippen molar-refractivity contribution < 1.29 is 22.5 Å². The van der Waals surface area contributed by atoms with Crippen LogP contribution in [0.5, 0.6) is 0 Å². The number of halogens is 2. The Morgan fingerprint density at radius 1 is 1.20 bits per heavy atom. The van der Waals surface area contributed by atoms with Crippen molar-refractivity contribution in [3.8, 4) is 0 Å². The fourth-order valence-electron chi connectivity index (χ4n) is 2.43. The van der Waals surface area contributed by atoms with Gasteiger partial charge in [-0.15, -0.1) is 0 Å². The lowest BCUT2D eigenvalue weighted by atomic mass is 10.2. The molecule has 0 aromatic heterocycles. The number of hydrogen-bond acceptors (Lipinski definition) is 3. The van der Waals surface area contributed by atoms with E-state index in [1.54, 1.807) is 25.2 Å². The summed E-state index contributed by atoms with van der Waals surface area (Å²) in [4.78, 5) is 13.0. The van der Waals surface area contributed by atoms with E-state index in [1.165, 1.54) is 24.3 Å². The van der Waals surface area contributed by atoms with Gasteiger partial charge in [-0.3, -0.25) is 4.79 Å². The summed E-state index contributed by atoms with van der Waals surface area (Å²) >= 11 is 5.99. The smallest absolute Gasteiger partial charge is 0.279 e. The Bertz CT molecular complexity index is 867. The van der Waals surface area contributed by atoms with Crippen molar-refractivity contribution in [3.63, 3.8) is 0 Å². The molecule has 0 saturated carbocycles. The summed E-state index contributed by atoms with van der Waals surface area (Å²) < 4.78 is 37.3. The minimum Gasteiger partial charge on any atom is -0.326 e. The summed E-state index contributed by atoms with van der Waals surface area (Å²) in [7, 11) is -1.73. The van der Waals surface area contributed by atoms with Crippen molar-refractivity contribution in [2.75, 3.05) is 25.2 Å². The average Bonchev–Trinajstić information content (AvgIpc) is 2.50. The van der Waals surface area contributed by atoms with Crippen LogP contribution in [0.2, 0.25) is 5.02 Å². The molecule has 2 aromatic carbocycles. The van der Waals surface area contributed by atoms with Gasteiger partial charge in [-0.25, -0.2) is 12.8 Å². The van der Waals surface area contributed by atoms with Gasteiger partial charge in [-0.2, -0.15) is 0 Å². The molecule has 1 unspecified atom stereocenters. The maximum absolute atomic E-state index is 13.8. The van der Waals surface area contributed by atoms with Crippen LogP contribution in [-0.2, 0) is 21.2 Å². The Hall–Kier alpha value is -1.96. The number of anilines is 1. The van der Waals surface area contributed by atoms with Crippen molar-refractivity contribution in [1.82, 2.24) is 0 Å². The minimum absolute atomic E-state index is 0.0305. The first-order chi connectivity index (χ1) is 11.7. The summed E-state index contributed by atoms with van der Waals surface area (Å²) in [6.07, 6.45) is 1.08. The molecule has 2 N–H and O–H groups in total. The first kappa shape index (κ1) is 19.4. The van der Waals surface area contributed by atoms with Crippen LogP contribution in [0.4, 0.5) is 10.1 Å². The zero-order chi connectivity index (χ0) is 18.6. The largest absolute Gasteiger partial charge is 0.326 e. The molecule has 0 fully saturated rings. The van der Waals surface area contributed by atoms with Crippen LogP contribution >= 0.6 is 11.6 Å². The number of quaternary nitrogens is 1. The molecule has 5 nitrogen and oxygen atoms in total. The molecule has 2 rings (SSSR count). The molecule has 0 bridgehead atoms. The Labute approximate surface area is 151 Å². The van der Waals surface area contributed by atoms with Crippen LogP contribution in [-0.4, -0.2) is 34.2 Å². The topological polar surface area (TPSA) is 67.7 Å². The predicted molar refractivity (Wildman–Crippen MR) is 95.0 cm³/mol. The van der Waals surface area contributed by atoms with Crippen molar-refractivity contribution in [2.45, 2.75) is 11.4 Å². The lowest BCUT2D eigenvalue weighted by Crippen LogP contribution is -3.08. The Morgan fingerprint density at radius 2 is 1.88 bits per heavy atom. The maximum atomic E-state index is 13.8. The van der Waals surface area contributed by atoms with E-state index in [9.17, 15) is 17.6 Å². The molecule has 0 saturated heterocycles. The molecule has 0 aliphatic carbocycles. The fourth-order valence-corrected chi connectivity index (χ4v) is 3.50. The molecule has 0 radical (unpaired) electrons. The quantitative estimate of drug-likeness (QED) is 0.792. The third-order valence-electron chi connectivity index (χ3n) is 3.56. The lowest BCUT2D eigenvalue weighted by Gasteiger charge is -2.16. The number of carbonyl (C=O) groups is 1. The number of amides is 1. The number of sulfone groups is 1. The van der Waals surface area contributed by atoms with E-state index in [0.29, 0.717) is 15.5 Å². The SMILES string of the molecule is C[NH+](CC(=O)Nc1ccccc1S(C)(=O)=O)Cc1c(F)cccc1Cl. The first-order valence-corrected chi connectivity index (χ1v) is 9.78. The molecule has 1 amide bonds. The van der Waals surface area contributed by atoms with Crippen LogP contribution < -0.4 is 10.2 Å². The highest BCUT2D eigenvalue weighted by Gasteiger charge is 2.18. The van der Waals surface area contributed by atoms with E-state index in [2.05, 4.69) is 5.32 Å². The highest BCUT2D eigenvalue weighted by atomic mass is 35.5. The molecule has 1 atom stereocenters. The van der Waals surface area contributed by atoms with Crippen LogP contribution in [0, 0.1) is 5.82 Å². The number of hydrogen-bond donors (Lipinski definition) is 2. The lowest BCUT2D eigenvalue weighted by molar-refractivity contribution is -0.885. The number of rotatable bonds is 6. The van der Waals surface area contributed by atoms with Gasteiger partial charge in [0.15, 0.2) is 16.4 Å². The molecule has 8 heteroatoms. The molecular formula is C17H19ClFN2O3S+. The summed E-state index contributed by atoms with van der Waals surface area (Å²) in [5.74, 6) is -0.796. The second-order valence-corrected chi connectivity index (χ2v) is 8.22. The van der Waals surface area contributed by atoms with Gasteiger partial charge in [0.1, 0.15) is 12.4 Å². The summed E-state index contributed by atoms with van der Waals surface area (Å²) in [6, 6.07) is 10.6. The average molecular weight is 386 g/mol. The standard InChI is InChI=1S/C17H18ClFN2O3S/c1-21(10-12-13(18)6-5-7-14(12)19)11-17(22)20-15-8-3-4-9-16(15)25(2,23)24/h3-9H,10-11H2,1-2H3,(H,20,22)/p+1. The molecule has 0 aliphatic rings. The summed E-state index contributed by atoms with van der Waals surface area (Å²) in [5, 5.41) is 2.90. The van der Waals surface area contributed by atoms with Gasteiger partial charge in [0, 0.05) is 6.26 Å². The fraction of sp³-hybridized carbons (Fsp3) is 0.235. The molecule has 0 heterocycles. The molecule has 25 heavy (non-hydrogen) atoms. The third kappa shape index (κ3) is 5.26. The van der Waals surface area contributed by atoms with Gasteiger partial charge in [-0.1, -0.05) is 29.8 Å². The van der Waals surface area contributed by atoms with Gasteiger partial charge < -0.3 is 10.2 Å². The third-order valence-corrected chi connectivity index (χ3v) is 5.07. The number of para-hydroxylation sites is 1. The van der Waals surface area contributed by atoms with E-state index >= 15 is 0 Å². The first-order valence-electron chi connectivity index (χ1n) is 7.51. The predicted octanol–water partition coefficient (Wildman–Crippen LogP) is 1.54. The highest BCUT2D eigenvalue weighted by Crippen LogP contribution is 2.20. The molecule has 134 valence electrons. The van der Waals surface area contributed by atoms with E-state index in [4.69, 9.17) is 11.6 Å². The zero-order valence-electron chi connectivity index (χ0n) is 13.8. The Morgan fingerprint density at radius 3 is 2.52 bits per heavy atom. The van der Waals surface area contributed by atoms with E-state index in [1.807, 2.05) is 0 Å². The van der Waals surface area contributed by atoms with E-state index in [0.717, 1.165) is 6.26 Å². The maximum Gasteiger partial charge on any atom is 0.279 e. The Balaban J connectivity index is 2.06. The number of benzene rings is 2. The van der Waals surface area contributed by atoms with Crippen molar-refractivity contribution >= 4 is 33.0 Å². The summed E-state index contributed by atoms with van der Waals surface area (Å²) in [6.45, 7) is 0.259. The van der Waals surface area contributed by atoms with Crippen LogP contribution in [0.3, 0.4) is 0 Å². The van der Waals surface area contributed by atoms with Gasteiger partial charge >= 0.3 is 0 Å². The second kappa shape index (κ2) is 7.95. The number of likely N-dealkylation sites (N-methyl/N-ethyl adjacent to an activating group) is 1. The zero-order valence-corrected chi connectivity index (χ0v) is 15.4. The molecule has 0 spiro atoms. The van der Waals surface area contributed by atoms with Gasteiger partial charge in [0.2, 0.25) is 0 Å². The molecular weight excluding hydrogens is 367 g/mol. The number of nitrogens with one attached hydrogen (secondary N) is 2. The van der Waals surface area contributed by atoms with E-state index < -0.39 is 15.7 Å². The van der Waals surface area contributed by atoms with Crippen LogP contribution in [0.1, 0.15) is 5.56 Å². The molecule has 0 aliphatic heterocycles. The minimum atomic E-state index is -3.46. The van der Waals surface area contributed by atoms with Crippen molar-refractivity contribution in [2.24, 2.45) is 0 Å². The van der Waals surface area contributed by atoms with Crippen molar-refractivity contribution in [1.29, 1.82) is 0 Å². The van der Waals surface area contributed by atoms with Gasteiger partial charge in [0.05, 0.1) is 28.2 Å². The van der Waals surface area contributed by atoms with Crippen LogP contribution in [0.15, 0.2) is 47.4 Å². The van der Waals surface area contributed by atoms with E-state index in [-0.39, 0.29) is 29.6 Å². The number of carbonyl (C=O) groups excluding carboxylic acids is 1. The second-order valence-electron chi connectivity index (χ2n) is 5.83. The van der Waals surface area contributed by atoms with Gasteiger partial charge in [0.25, 0.3) is 5.91 Å². The van der Waals surface area contributed by atoms with Crippen molar-refractivity contribution in [3.05, 3.63) is 58.9 Å². The monoisotopic (exact) mass is 385 g/mol. The molecule has 2 aromatic rings. The normalized spacial score (nSPS) is 12.6. The van der Waals surface area contributed by atoms with Gasteiger partial charge in [-0.05, 0) is 24.3 Å². The highest BCUT2D eigenvalue weighted by molar-refractivity contribution is 7.90.